The molecule has 0 spiro atoms. The van der Waals surface area contributed by atoms with Crippen LogP contribution in [0.2, 0.25) is 0 Å². The fourth-order valence-corrected chi connectivity index (χ4v) is 1.63. The van der Waals surface area contributed by atoms with E-state index < -0.39 is 0 Å². The lowest BCUT2D eigenvalue weighted by atomic mass is 10.1. The predicted molar refractivity (Wildman–Crippen MR) is 65.1 cm³/mol. The molecule has 0 saturated heterocycles. The lowest BCUT2D eigenvalue weighted by molar-refractivity contribution is 0.0988. The highest BCUT2D eigenvalue weighted by atomic mass is 16.3. The van der Waals surface area contributed by atoms with E-state index >= 15 is 0 Å². The average molecular weight is 227 g/mol. The van der Waals surface area contributed by atoms with Gasteiger partial charge in [-0.1, -0.05) is 12.1 Å². The summed E-state index contributed by atoms with van der Waals surface area (Å²) in [6.07, 6.45) is 1.88. The van der Waals surface area contributed by atoms with Gasteiger partial charge in [-0.25, -0.2) is 0 Å². The fraction of sp³-hybridized carbons (Fsp3) is 0.143. The van der Waals surface area contributed by atoms with Crippen LogP contribution in [0.15, 0.2) is 42.6 Å². The van der Waals surface area contributed by atoms with E-state index in [0.29, 0.717) is 5.69 Å². The molecule has 0 aliphatic rings. The van der Waals surface area contributed by atoms with Crippen molar-refractivity contribution in [3.05, 3.63) is 59.4 Å². The Morgan fingerprint density at radius 2 is 2.12 bits per heavy atom. The Hall–Kier alpha value is -2.16. The number of hydrogen-bond donors (Lipinski definition) is 1. The third kappa shape index (κ3) is 2.91. The zero-order valence-corrected chi connectivity index (χ0v) is 9.55. The summed E-state index contributed by atoms with van der Waals surface area (Å²) in [4.78, 5) is 16.0. The number of aryl methyl sites for hydroxylation is 1. The highest BCUT2D eigenvalue weighted by Gasteiger charge is 2.08. The second kappa shape index (κ2) is 4.78. The maximum absolute atomic E-state index is 11.9. The van der Waals surface area contributed by atoms with Crippen LogP contribution in [0.1, 0.15) is 21.6 Å². The molecule has 0 unspecified atom stereocenters. The van der Waals surface area contributed by atoms with E-state index in [1.807, 2.05) is 19.1 Å². The normalized spacial score (nSPS) is 10.2. The number of hydrogen-bond acceptors (Lipinski definition) is 3. The molecule has 0 aliphatic carbocycles. The van der Waals surface area contributed by atoms with Crippen molar-refractivity contribution in [1.82, 2.24) is 4.98 Å². The SMILES string of the molecule is Cc1ccnc(C(=O)Cc2cccc(O)c2)c1. The van der Waals surface area contributed by atoms with E-state index in [-0.39, 0.29) is 18.0 Å². The standard InChI is InChI=1S/C14H13NO2/c1-10-5-6-15-13(7-10)14(17)9-11-3-2-4-12(16)8-11/h2-8,16H,9H2,1H3. The van der Waals surface area contributed by atoms with Crippen molar-refractivity contribution < 1.29 is 9.90 Å². The first-order valence-corrected chi connectivity index (χ1v) is 5.39. The molecule has 0 aliphatic heterocycles. The number of ketones is 1. The quantitative estimate of drug-likeness (QED) is 0.820. The van der Waals surface area contributed by atoms with Crippen LogP contribution < -0.4 is 0 Å². The number of carbonyl (C=O) groups is 1. The van der Waals surface area contributed by atoms with Crippen LogP contribution in [-0.2, 0) is 6.42 Å². The first kappa shape index (κ1) is 11.3. The molecular formula is C14H13NO2. The van der Waals surface area contributed by atoms with Crippen LogP contribution in [0.3, 0.4) is 0 Å². The molecule has 17 heavy (non-hydrogen) atoms. The molecule has 1 aromatic carbocycles. The maximum Gasteiger partial charge on any atom is 0.185 e. The summed E-state index contributed by atoms with van der Waals surface area (Å²) < 4.78 is 0. The van der Waals surface area contributed by atoms with E-state index in [1.54, 1.807) is 30.5 Å². The molecule has 1 heterocycles. The van der Waals surface area contributed by atoms with Crippen molar-refractivity contribution in [3.63, 3.8) is 0 Å². The van der Waals surface area contributed by atoms with Gasteiger partial charge in [-0.2, -0.15) is 0 Å². The Kier molecular flexibility index (Phi) is 3.19. The van der Waals surface area contributed by atoms with Gasteiger partial charge in [0.25, 0.3) is 0 Å². The number of rotatable bonds is 3. The van der Waals surface area contributed by atoms with Gasteiger partial charge in [-0.05, 0) is 42.3 Å². The Labute approximate surface area is 99.8 Å². The molecule has 86 valence electrons. The van der Waals surface area contributed by atoms with Gasteiger partial charge in [0.05, 0.1) is 0 Å². The molecule has 1 aromatic heterocycles. The number of benzene rings is 1. The molecule has 2 rings (SSSR count). The van der Waals surface area contributed by atoms with Gasteiger partial charge in [-0.15, -0.1) is 0 Å². The van der Waals surface area contributed by atoms with Gasteiger partial charge in [-0.3, -0.25) is 9.78 Å². The molecule has 0 amide bonds. The molecular weight excluding hydrogens is 214 g/mol. The zero-order valence-electron chi connectivity index (χ0n) is 9.55. The number of nitrogens with zero attached hydrogens (tertiary/aromatic N) is 1. The Morgan fingerprint density at radius 3 is 2.82 bits per heavy atom. The average Bonchev–Trinajstić information content (AvgIpc) is 2.29. The van der Waals surface area contributed by atoms with Crippen molar-refractivity contribution in [2.24, 2.45) is 0 Å². The molecule has 1 N–H and O–H groups in total. The second-order valence-electron chi connectivity index (χ2n) is 3.99. The van der Waals surface area contributed by atoms with E-state index in [2.05, 4.69) is 4.98 Å². The smallest absolute Gasteiger partial charge is 0.185 e. The Balaban J connectivity index is 2.17. The van der Waals surface area contributed by atoms with Crippen molar-refractivity contribution in [3.8, 4) is 5.75 Å². The van der Waals surface area contributed by atoms with Crippen LogP contribution in [0.4, 0.5) is 0 Å². The minimum Gasteiger partial charge on any atom is -0.508 e. The van der Waals surface area contributed by atoms with Gasteiger partial charge in [0.2, 0.25) is 0 Å². The Bertz CT molecular complexity index is 549. The number of phenols is 1. The first-order chi connectivity index (χ1) is 8.15. The van der Waals surface area contributed by atoms with Crippen LogP contribution in [0, 0.1) is 6.92 Å². The van der Waals surface area contributed by atoms with Gasteiger partial charge < -0.3 is 5.11 Å². The lowest BCUT2D eigenvalue weighted by Gasteiger charge is -2.02. The second-order valence-corrected chi connectivity index (χ2v) is 3.99. The van der Waals surface area contributed by atoms with Crippen LogP contribution in [-0.4, -0.2) is 15.9 Å². The van der Waals surface area contributed by atoms with Gasteiger partial charge >= 0.3 is 0 Å². The van der Waals surface area contributed by atoms with Gasteiger partial charge in [0, 0.05) is 12.6 Å². The summed E-state index contributed by atoms with van der Waals surface area (Å²) in [5.74, 6) is 0.131. The minimum absolute atomic E-state index is 0.0423. The summed E-state index contributed by atoms with van der Waals surface area (Å²) >= 11 is 0. The van der Waals surface area contributed by atoms with Crippen LogP contribution in [0.25, 0.3) is 0 Å². The maximum atomic E-state index is 11.9. The number of phenolic OH excluding ortho intramolecular Hbond substituents is 1. The molecule has 3 heteroatoms. The largest absolute Gasteiger partial charge is 0.508 e. The number of pyridine rings is 1. The summed E-state index contributed by atoms with van der Waals surface area (Å²) in [6.45, 7) is 1.92. The highest BCUT2D eigenvalue weighted by Crippen LogP contribution is 2.13. The summed E-state index contributed by atoms with van der Waals surface area (Å²) in [7, 11) is 0. The fourth-order valence-electron chi connectivity index (χ4n) is 1.63. The third-order valence-corrected chi connectivity index (χ3v) is 2.48. The van der Waals surface area contributed by atoms with Crippen molar-refractivity contribution >= 4 is 5.78 Å². The summed E-state index contributed by atoms with van der Waals surface area (Å²) in [6, 6.07) is 10.3. The molecule has 3 nitrogen and oxygen atoms in total. The number of Topliss-reactive ketones (excluding diaryl/α,β-unsaturated/α-hetero) is 1. The highest BCUT2D eigenvalue weighted by molar-refractivity contribution is 5.95. The predicted octanol–water partition coefficient (Wildman–Crippen LogP) is 2.52. The van der Waals surface area contributed by atoms with E-state index in [4.69, 9.17) is 0 Å². The summed E-state index contributed by atoms with van der Waals surface area (Å²) in [5.41, 5.74) is 2.27. The topological polar surface area (TPSA) is 50.2 Å². The molecule has 0 radical (unpaired) electrons. The number of carbonyl (C=O) groups excluding carboxylic acids is 1. The lowest BCUT2D eigenvalue weighted by Crippen LogP contribution is -2.05. The molecule has 0 atom stereocenters. The zero-order chi connectivity index (χ0) is 12.3. The van der Waals surface area contributed by atoms with Crippen LogP contribution >= 0.6 is 0 Å². The molecule has 0 fully saturated rings. The summed E-state index contributed by atoms with van der Waals surface area (Å²) in [5, 5.41) is 9.31. The Morgan fingerprint density at radius 1 is 1.29 bits per heavy atom. The van der Waals surface area contributed by atoms with Crippen LogP contribution in [0.5, 0.6) is 5.75 Å². The van der Waals surface area contributed by atoms with E-state index in [9.17, 15) is 9.90 Å². The van der Waals surface area contributed by atoms with Crippen molar-refractivity contribution in [2.45, 2.75) is 13.3 Å². The van der Waals surface area contributed by atoms with Gasteiger partial charge in [0.15, 0.2) is 5.78 Å². The third-order valence-electron chi connectivity index (χ3n) is 2.48. The van der Waals surface area contributed by atoms with E-state index in [1.165, 1.54) is 0 Å². The van der Waals surface area contributed by atoms with Crippen molar-refractivity contribution in [1.29, 1.82) is 0 Å². The molecule has 0 bridgehead atoms. The number of aromatic hydroxyl groups is 1. The van der Waals surface area contributed by atoms with E-state index in [0.717, 1.165) is 11.1 Å². The minimum atomic E-state index is -0.0423. The monoisotopic (exact) mass is 227 g/mol. The molecule has 0 saturated carbocycles. The first-order valence-electron chi connectivity index (χ1n) is 5.39. The van der Waals surface area contributed by atoms with Gasteiger partial charge in [0.1, 0.15) is 11.4 Å². The van der Waals surface area contributed by atoms with Crippen molar-refractivity contribution in [2.75, 3.05) is 0 Å². The molecule has 2 aromatic rings. The number of aromatic nitrogens is 1.